The zero-order chi connectivity index (χ0) is 17.3. The van der Waals surface area contributed by atoms with Gasteiger partial charge >= 0.3 is 5.97 Å². The molecule has 0 radical (unpaired) electrons. The second kappa shape index (κ2) is 6.16. The standard InChI is InChI=1S/C18H16N2O4/c1-12(13-5-3-2-4-6-13)19-11-15(18(21)22)9-14-10-16(20(23)24)7-8-17(14)19/h2-10,12H,11H2,1H3,(H,21,22)/t12-/m1/s1. The van der Waals surface area contributed by atoms with Crippen molar-refractivity contribution in [3.63, 3.8) is 0 Å². The van der Waals surface area contributed by atoms with E-state index in [2.05, 4.69) is 0 Å². The molecule has 1 heterocycles. The number of nitro groups is 1. The number of nitro benzene ring substituents is 1. The molecule has 2 aromatic rings. The first-order chi connectivity index (χ1) is 11.5. The van der Waals surface area contributed by atoms with Crippen LogP contribution in [-0.4, -0.2) is 22.5 Å². The molecule has 0 spiro atoms. The lowest BCUT2D eigenvalue weighted by Gasteiger charge is -2.35. The van der Waals surface area contributed by atoms with Gasteiger partial charge in [0.25, 0.3) is 5.69 Å². The molecule has 6 nitrogen and oxygen atoms in total. The van der Waals surface area contributed by atoms with Crippen LogP contribution in [0, 0.1) is 10.1 Å². The molecule has 122 valence electrons. The number of fused-ring (bicyclic) bond motifs is 1. The number of carboxylic acid groups (broad SMARTS) is 1. The third kappa shape index (κ3) is 2.86. The summed E-state index contributed by atoms with van der Waals surface area (Å²) >= 11 is 0. The Morgan fingerprint density at radius 2 is 1.96 bits per heavy atom. The number of carboxylic acids is 1. The van der Waals surface area contributed by atoms with Crippen molar-refractivity contribution in [1.82, 2.24) is 0 Å². The first-order valence-corrected chi connectivity index (χ1v) is 7.51. The Kier molecular flexibility index (Phi) is 4.04. The van der Waals surface area contributed by atoms with Crippen molar-refractivity contribution in [3.8, 4) is 0 Å². The number of aliphatic carboxylic acids is 1. The number of hydrogen-bond acceptors (Lipinski definition) is 4. The molecule has 0 fully saturated rings. The van der Waals surface area contributed by atoms with Gasteiger partial charge in [0.05, 0.1) is 23.1 Å². The van der Waals surface area contributed by atoms with Gasteiger partial charge in [-0.1, -0.05) is 30.3 Å². The summed E-state index contributed by atoms with van der Waals surface area (Å²) in [5.41, 5.74) is 2.56. The molecule has 0 unspecified atom stereocenters. The summed E-state index contributed by atoms with van der Waals surface area (Å²) in [6.45, 7) is 2.24. The second-order valence-corrected chi connectivity index (χ2v) is 5.69. The molecule has 1 aliphatic heterocycles. The maximum atomic E-state index is 11.5. The predicted octanol–water partition coefficient (Wildman–Crippen LogP) is 3.64. The molecule has 2 aromatic carbocycles. The van der Waals surface area contributed by atoms with Crippen LogP contribution in [0.2, 0.25) is 0 Å². The van der Waals surface area contributed by atoms with E-state index in [0.29, 0.717) is 5.56 Å². The quantitative estimate of drug-likeness (QED) is 0.685. The molecule has 1 atom stereocenters. The number of nitrogens with zero attached hydrogens (tertiary/aromatic N) is 2. The van der Waals surface area contributed by atoms with Gasteiger partial charge in [0.2, 0.25) is 0 Å². The summed E-state index contributed by atoms with van der Waals surface area (Å²) in [7, 11) is 0. The van der Waals surface area contributed by atoms with Crippen molar-refractivity contribution in [2.24, 2.45) is 0 Å². The zero-order valence-electron chi connectivity index (χ0n) is 13.0. The topological polar surface area (TPSA) is 83.7 Å². The van der Waals surface area contributed by atoms with E-state index >= 15 is 0 Å². The first kappa shape index (κ1) is 15.7. The monoisotopic (exact) mass is 324 g/mol. The fraction of sp³-hybridized carbons (Fsp3) is 0.167. The summed E-state index contributed by atoms with van der Waals surface area (Å²) in [5.74, 6) is -1.02. The molecular formula is C18H16N2O4. The molecule has 0 amide bonds. The molecule has 0 saturated heterocycles. The van der Waals surface area contributed by atoms with Gasteiger partial charge in [-0.25, -0.2) is 4.79 Å². The number of hydrogen-bond donors (Lipinski definition) is 1. The van der Waals surface area contributed by atoms with Gasteiger partial charge in [-0.2, -0.15) is 0 Å². The number of rotatable bonds is 4. The van der Waals surface area contributed by atoms with Crippen molar-refractivity contribution < 1.29 is 14.8 Å². The minimum absolute atomic E-state index is 0.0519. The van der Waals surface area contributed by atoms with Crippen molar-refractivity contribution in [3.05, 3.63) is 75.3 Å². The van der Waals surface area contributed by atoms with Crippen molar-refractivity contribution in [1.29, 1.82) is 0 Å². The number of benzene rings is 2. The molecule has 24 heavy (non-hydrogen) atoms. The lowest BCUT2D eigenvalue weighted by Crippen LogP contribution is -2.33. The van der Waals surface area contributed by atoms with E-state index in [4.69, 9.17) is 0 Å². The highest BCUT2D eigenvalue weighted by Gasteiger charge is 2.27. The van der Waals surface area contributed by atoms with Gasteiger partial charge < -0.3 is 10.0 Å². The van der Waals surface area contributed by atoms with Crippen LogP contribution in [0.1, 0.15) is 24.1 Å². The largest absolute Gasteiger partial charge is 0.478 e. The minimum Gasteiger partial charge on any atom is -0.478 e. The van der Waals surface area contributed by atoms with Gasteiger partial charge in [-0.3, -0.25) is 10.1 Å². The Bertz CT molecular complexity index is 830. The number of carbonyl (C=O) groups is 1. The van der Waals surface area contributed by atoms with Crippen LogP contribution in [0.3, 0.4) is 0 Å². The smallest absolute Gasteiger partial charge is 0.333 e. The van der Waals surface area contributed by atoms with Gasteiger partial charge in [0.1, 0.15) is 0 Å². The van der Waals surface area contributed by atoms with Gasteiger partial charge in [-0.15, -0.1) is 0 Å². The maximum absolute atomic E-state index is 11.5. The van der Waals surface area contributed by atoms with E-state index in [1.807, 2.05) is 42.2 Å². The van der Waals surface area contributed by atoms with Crippen LogP contribution in [0.4, 0.5) is 11.4 Å². The normalized spacial score (nSPS) is 14.5. The molecule has 1 N–H and O–H groups in total. The Morgan fingerprint density at radius 3 is 2.58 bits per heavy atom. The Morgan fingerprint density at radius 1 is 1.25 bits per heavy atom. The molecule has 0 saturated carbocycles. The summed E-state index contributed by atoms with van der Waals surface area (Å²) < 4.78 is 0. The molecule has 0 aliphatic carbocycles. The number of non-ortho nitro benzene ring substituents is 1. The van der Waals surface area contributed by atoms with Crippen LogP contribution in [-0.2, 0) is 4.79 Å². The minimum atomic E-state index is -1.02. The molecular weight excluding hydrogens is 308 g/mol. The number of anilines is 1. The Labute approximate surface area is 138 Å². The third-order valence-electron chi connectivity index (χ3n) is 4.23. The van der Waals surface area contributed by atoms with Gasteiger partial charge in [0, 0.05) is 23.4 Å². The SMILES string of the molecule is C[C@H](c1ccccc1)N1CC(C(=O)O)=Cc2cc([N+](=O)[O-])ccc21. The van der Waals surface area contributed by atoms with E-state index in [-0.39, 0.29) is 23.8 Å². The summed E-state index contributed by atoms with van der Waals surface area (Å²) in [6, 6.07) is 14.2. The van der Waals surface area contributed by atoms with Crippen LogP contribution in [0.25, 0.3) is 6.08 Å². The Balaban J connectivity index is 2.08. The molecule has 6 heteroatoms. The third-order valence-corrected chi connectivity index (χ3v) is 4.23. The molecule has 1 aliphatic rings. The van der Waals surface area contributed by atoms with E-state index < -0.39 is 10.9 Å². The fourth-order valence-electron chi connectivity index (χ4n) is 2.92. The van der Waals surface area contributed by atoms with Crippen molar-refractivity contribution >= 4 is 23.4 Å². The van der Waals surface area contributed by atoms with E-state index in [1.165, 1.54) is 18.2 Å². The van der Waals surface area contributed by atoms with Gasteiger partial charge in [0.15, 0.2) is 0 Å². The van der Waals surface area contributed by atoms with Crippen LogP contribution >= 0.6 is 0 Å². The van der Waals surface area contributed by atoms with E-state index in [0.717, 1.165) is 11.3 Å². The lowest BCUT2D eigenvalue weighted by atomic mass is 9.98. The summed E-state index contributed by atoms with van der Waals surface area (Å²) in [4.78, 5) is 23.9. The Hall–Kier alpha value is -3.15. The molecule has 0 aromatic heterocycles. The van der Waals surface area contributed by atoms with Crippen molar-refractivity contribution in [2.75, 3.05) is 11.4 Å². The fourth-order valence-corrected chi connectivity index (χ4v) is 2.92. The summed E-state index contributed by atoms with van der Waals surface area (Å²) in [6.07, 6.45) is 1.51. The average Bonchev–Trinajstić information content (AvgIpc) is 2.60. The molecule has 3 rings (SSSR count). The van der Waals surface area contributed by atoms with Crippen LogP contribution in [0.5, 0.6) is 0 Å². The zero-order valence-corrected chi connectivity index (χ0v) is 13.0. The molecule has 0 bridgehead atoms. The van der Waals surface area contributed by atoms with E-state index in [9.17, 15) is 20.0 Å². The first-order valence-electron chi connectivity index (χ1n) is 7.51. The second-order valence-electron chi connectivity index (χ2n) is 5.69. The van der Waals surface area contributed by atoms with Crippen LogP contribution in [0.15, 0.2) is 54.1 Å². The van der Waals surface area contributed by atoms with Gasteiger partial charge in [-0.05, 0) is 24.6 Å². The van der Waals surface area contributed by atoms with Crippen molar-refractivity contribution in [2.45, 2.75) is 13.0 Å². The highest BCUT2D eigenvalue weighted by Crippen LogP contribution is 2.37. The lowest BCUT2D eigenvalue weighted by molar-refractivity contribution is -0.384. The average molecular weight is 324 g/mol. The van der Waals surface area contributed by atoms with E-state index in [1.54, 1.807) is 6.07 Å². The highest BCUT2D eigenvalue weighted by molar-refractivity contribution is 5.96. The highest BCUT2D eigenvalue weighted by atomic mass is 16.6. The maximum Gasteiger partial charge on any atom is 0.333 e. The predicted molar refractivity (Wildman–Crippen MR) is 90.9 cm³/mol. The van der Waals surface area contributed by atoms with Crippen LogP contribution < -0.4 is 4.90 Å². The summed E-state index contributed by atoms with van der Waals surface area (Å²) in [5, 5.41) is 20.4.